The van der Waals surface area contributed by atoms with Crippen LogP contribution < -0.4 is 5.32 Å². The summed E-state index contributed by atoms with van der Waals surface area (Å²) in [7, 11) is 3.89. The maximum Gasteiger partial charge on any atom is 0.329 e. The Balaban J connectivity index is 2.80. The lowest BCUT2D eigenvalue weighted by molar-refractivity contribution is -0.144. The number of pyridine rings is 1. The lowest BCUT2D eigenvalue weighted by atomic mass is 9.97. The van der Waals surface area contributed by atoms with E-state index in [1.54, 1.807) is 31.3 Å². The zero-order chi connectivity index (χ0) is 12.9. The SMILES string of the molecule is CN(C)CCNC(C)(C(=O)O)c1ccccn1. The fourth-order valence-corrected chi connectivity index (χ4v) is 1.46. The van der Waals surface area contributed by atoms with Crippen LogP contribution in [0.2, 0.25) is 0 Å². The minimum absolute atomic E-state index is 0.520. The minimum atomic E-state index is -1.14. The summed E-state index contributed by atoms with van der Waals surface area (Å²) < 4.78 is 0. The second-order valence-corrected chi connectivity index (χ2v) is 4.38. The van der Waals surface area contributed by atoms with E-state index >= 15 is 0 Å². The predicted octanol–water partition coefficient (Wildman–Crippen LogP) is 0.533. The average molecular weight is 237 g/mol. The second-order valence-electron chi connectivity index (χ2n) is 4.38. The van der Waals surface area contributed by atoms with E-state index in [1.165, 1.54) is 0 Å². The molecule has 17 heavy (non-hydrogen) atoms. The van der Waals surface area contributed by atoms with Crippen LogP contribution in [0.25, 0.3) is 0 Å². The molecule has 0 radical (unpaired) electrons. The highest BCUT2D eigenvalue weighted by atomic mass is 16.4. The fraction of sp³-hybridized carbons (Fsp3) is 0.500. The molecule has 0 bridgehead atoms. The molecule has 0 spiro atoms. The Labute approximate surface area is 101 Å². The van der Waals surface area contributed by atoms with Gasteiger partial charge in [0.05, 0.1) is 5.69 Å². The van der Waals surface area contributed by atoms with Crippen molar-refractivity contribution in [3.8, 4) is 0 Å². The van der Waals surface area contributed by atoms with Gasteiger partial charge in [0.1, 0.15) is 0 Å². The molecular weight excluding hydrogens is 218 g/mol. The van der Waals surface area contributed by atoms with E-state index < -0.39 is 11.5 Å². The van der Waals surface area contributed by atoms with Crippen molar-refractivity contribution >= 4 is 5.97 Å². The highest BCUT2D eigenvalue weighted by Gasteiger charge is 2.35. The van der Waals surface area contributed by atoms with Crippen molar-refractivity contribution in [2.24, 2.45) is 0 Å². The van der Waals surface area contributed by atoms with Crippen LogP contribution in [0.1, 0.15) is 12.6 Å². The highest BCUT2D eigenvalue weighted by molar-refractivity contribution is 5.79. The Morgan fingerprint density at radius 2 is 2.24 bits per heavy atom. The first-order valence-corrected chi connectivity index (χ1v) is 5.51. The maximum atomic E-state index is 11.4. The lowest BCUT2D eigenvalue weighted by Crippen LogP contribution is -2.49. The number of rotatable bonds is 6. The summed E-state index contributed by atoms with van der Waals surface area (Å²) in [6, 6.07) is 5.28. The number of hydrogen-bond donors (Lipinski definition) is 2. The normalized spacial score (nSPS) is 14.6. The molecule has 5 nitrogen and oxygen atoms in total. The molecule has 94 valence electrons. The topological polar surface area (TPSA) is 65.5 Å². The highest BCUT2D eigenvalue weighted by Crippen LogP contribution is 2.18. The van der Waals surface area contributed by atoms with E-state index in [2.05, 4.69) is 10.3 Å². The summed E-state index contributed by atoms with van der Waals surface area (Å²) >= 11 is 0. The Kier molecular flexibility index (Phi) is 4.60. The Morgan fingerprint density at radius 1 is 1.53 bits per heavy atom. The number of carboxylic acids is 1. The van der Waals surface area contributed by atoms with Crippen molar-refractivity contribution in [2.45, 2.75) is 12.5 Å². The van der Waals surface area contributed by atoms with Gasteiger partial charge >= 0.3 is 5.97 Å². The molecule has 0 fully saturated rings. The van der Waals surface area contributed by atoms with Gasteiger partial charge < -0.3 is 10.0 Å². The summed E-state index contributed by atoms with van der Waals surface area (Å²) in [5.41, 5.74) is -0.622. The van der Waals surface area contributed by atoms with Gasteiger partial charge in [-0.1, -0.05) is 6.07 Å². The number of carbonyl (C=O) groups is 1. The Hall–Kier alpha value is -1.46. The van der Waals surface area contributed by atoms with E-state index in [1.807, 2.05) is 19.0 Å². The van der Waals surface area contributed by atoms with Crippen LogP contribution in [0.4, 0.5) is 0 Å². The van der Waals surface area contributed by atoms with E-state index in [0.717, 1.165) is 6.54 Å². The first-order valence-electron chi connectivity index (χ1n) is 5.51. The quantitative estimate of drug-likeness (QED) is 0.755. The molecule has 1 rings (SSSR count). The Bertz CT molecular complexity index is 367. The number of likely N-dealkylation sites (N-methyl/N-ethyl adjacent to an activating group) is 1. The van der Waals surface area contributed by atoms with E-state index in [0.29, 0.717) is 12.2 Å². The number of aliphatic carboxylic acids is 1. The lowest BCUT2D eigenvalue weighted by Gasteiger charge is -2.26. The molecule has 0 aliphatic heterocycles. The van der Waals surface area contributed by atoms with Crippen LogP contribution in [0.15, 0.2) is 24.4 Å². The molecule has 0 aliphatic carbocycles. The number of carboxylic acid groups (broad SMARTS) is 1. The number of aromatic nitrogens is 1. The van der Waals surface area contributed by atoms with E-state index in [4.69, 9.17) is 0 Å². The molecule has 1 unspecified atom stereocenters. The molecule has 5 heteroatoms. The summed E-state index contributed by atoms with van der Waals surface area (Å²) in [5.74, 6) is -0.921. The molecule has 0 aliphatic rings. The van der Waals surface area contributed by atoms with Crippen LogP contribution in [0.3, 0.4) is 0 Å². The van der Waals surface area contributed by atoms with Crippen molar-refractivity contribution in [1.82, 2.24) is 15.2 Å². The van der Waals surface area contributed by atoms with Crippen molar-refractivity contribution in [3.63, 3.8) is 0 Å². The largest absolute Gasteiger partial charge is 0.480 e. The minimum Gasteiger partial charge on any atom is -0.480 e. The van der Waals surface area contributed by atoms with Crippen LogP contribution in [-0.2, 0) is 10.3 Å². The summed E-state index contributed by atoms with van der Waals surface area (Å²) in [4.78, 5) is 17.5. The predicted molar refractivity (Wildman–Crippen MR) is 65.8 cm³/mol. The summed E-state index contributed by atoms with van der Waals surface area (Å²) in [6.07, 6.45) is 1.60. The summed E-state index contributed by atoms with van der Waals surface area (Å²) in [5, 5.41) is 12.4. The first-order chi connectivity index (χ1) is 7.97. The van der Waals surface area contributed by atoms with Gasteiger partial charge in [-0.25, -0.2) is 4.79 Å². The maximum absolute atomic E-state index is 11.4. The second kappa shape index (κ2) is 5.75. The zero-order valence-electron chi connectivity index (χ0n) is 10.5. The number of hydrogen-bond acceptors (Lipinski definition) is 4. The standard InChI is InChI=1S/C12H19N3O2/c1-12(11(16)17,14-8-9-15(2)3)10-6-4-5-7-13-10/h4-7,14H,8-9H2,1-3H3,(H,16,17). The third kappa shape index (κ3) is 3.51. The van der Waals surface area contributed by atoms with Crippen molar-refractivity contribution in [2.75, 3.05) is 27.2 Å². The molecule has 0 amide bonds. The molecular formula is C12H19N3O2. The average Bonchev–Trinajstić information content (AvgIpc) is 2.29. The smallest absolute Gasteiger partial charge is 0.329 e. The van der Waals surface area contributed by atoms with Gasteiger partial charge in [0.2, 0.25) is 0 Å². The van der Waals surface area contributed by atoms with Gasteiger partial charge in [0, 0.05) is 19.3 Å². The zero-order valence-corrected chi connectivity index (χ0v) is 10.5. The van der Waals surface area contributed by atoms with Crippen LogP contribution in [-0.4, -0.2) is 48.1 Å². The van der Waals surface area contributed by atoms with Gasteiger partial charge in [-0.3, -0.25) is 10.3 Å². The molecule has 1 heterocycles. The van der Waals surface area contributed by atoms with Crippen molar-refractivity contribution < 1.29 is 9.90 Å². The number of nitrogens with one attached hydrogen (secondary N) is 1. The molecule has 0 saturated heterocycles. The molecule has 0 saturated carbocycles. The summed E-state index contributed by atoms with van der Waals surface area (Å²) in [6.45, 7) is 3.00. The van der Waals surface area contributed by atoms with Gasteiger partial charge in [-0.05, 0) is 33.2 Å². The molecule has 2 N–H and O–H groups in total. The van der Waals surface area contributed by atoms with Crippen molar-refractivity contribution in [3.05, 3.63) is 30.1 Å². The van der Waals surface area contributed by atoms with Crippen LogP contribution >= 0.6 is 0 Å². The third-order valence-electron chi connectivity index (χ3n) is 2.64. The van der Waals surface area contributed by atoms with Gasteiger partial charge in [-0.2, -0.15) is 0 Å². The van der Waals surface area contributed by atoms with Crippen LogP contribution in [0, 0.1) is 0 Å². The Morgan fingerprint density at radius 3 is 2.71 bits per heavy atom. The van der Waals surface area contributed by atoms with Crippen LogP contribution in [0.5, 0.6) is 0 Å². The molecule has 1 aromatic rings. The fourth-order valence-electron chi connectivity index (χ4n) is 1.46. The van der Waals surface area contributed by atoms with Gasteiger partial charge in [0.15, 0.2) is 5.54 Å². The van der Waals surface area contributed by atoms with Crippen molar-refractivity contribution in [1.29, 1.82) is 0 Å². The molecule has 0 aromatic carbocycles. The molecule has 1 aromatic heterocycles. The number of nitrogens with zero attached hydrogens (tertiary/aromatic N) is 2. The monoisotopic (exact) mass is 237 g/mol. The van der Waals surface area contributed by atoms with Gasteiger partial charge in [0.25, 0.3) is 0 Å². The first kappa shape index (κ1) is 13.6. The van der Waals surface area contributed by atoms with E-state index in [9.17, 15) is 9.90 Å². The third-order valence-corrected chi connectivity index (χ3v) is 2.64. The molecule has 1 atom stereocenters. The van der Waals surface area contributed by atoms with Gasteiger partial charge in [-0.15, -0.1) is 0 Å². The van der Waals surface area contributed by atoms with E-state index in [-0.39, 0.29) is 0 Å².